The average Bonchev–Trinajstić information content (AvgIpc) is 3.80. The Bertz CT molecular complexity index is 3360. The standard InChI is InChI=1S/C54H33NS/c1-2-12-38(13-3-1)55-51-21-11-10-20-46(51)48-31-35(23-27-52(48)55)37-25-29-54-50(33-37)49-32-36(24-28-53(49)56-54)34-22-26-45-43-18-7-6-16-41(43)39-14-4-5-15-40(39)42-17-8-9-19-44(42)47(45)30-34/h1-33H. The van der Waals surface area contributed by atoms with Crippen LogP contribution >= 0.6 is 11.3 Å². The van der Waals surface area contributed by atoms with Crippen molar-refractivity contribution >= 4 is 53.3 Å². The van der Waals surface area contributed by atoms with Gasteiger partial charge in [-0.05, 0) is 127 Å². The molecular weight excluding hydrogens is 695 g/mol. The second kappa shape index (κ2) is 12.3. The van der Waals surface area contributed by atoms with Gasteiger partial charge in [-0.2, -0.15) is 0 Å². The summed E-state index contributed by atoms with van der Waals surface area (Å²) in [5.41, 5.74) is 18.7. The van der Waals surface area contributed by atoms with E-state index in [2.05, 4.69) is 205 Å². The number of aromatic nitrogens is 1. The lowest BCUT2D eigenvalue weighted by molar-refractivity contribution is 1.18. The van der Waals surface area contributed by atoms with E-state index in [4.69, 9.17) is 0 Å². The summed E-state index contributed by atoms with van der Waals surface area (Å²) in [6.07, 6.45) is 0. The average molecular weight is 728 g/mol. The highest BCUT2D eigenvalue weighted by Gasteiger charge is 2.22. The third kappa shape index (κ3) is 4.73. The van der Waals surface area contributed by atoms with Crippen molar-refractivity contribution in [3.8, 4) is 72.4 Å². The maximum Gasteiger partial charge on any atom is 0.0541 e. The van der Waals surface area contributed by atoms with Gasteiger partial charge in [0, 0.05) is 36.6 Å². The van der Waals surface area contributed by atoms with Crippen molar-refractivity contribution < 1.29 is 0 Å². The molecule has 11 aromatic rings. The molecule has 0 aliphatic heterocycles. The molecule has 260 valence electrons. The van der Waals surface area contributed by atoms with Crippen LogP contribution in [0.2, 0.25) is 0 Å². The number of fused-ring (bicyclic) bond motifs is 14. The second-order valence-corrected chi connectivity index (χ2v) is 15.9. The van der Waals surface area contributed by atoms with Gasteiger partial charge in [-0.15, -0.1) is 11.3 Å². The molecule has 9 aromatic carbocycles. The molecule has 0 spiro atoms. The summed E-state index contributed by atoms with van der Waals surface area (Å²) in [5, 5.41) is 5.15. The van der Waals surface area contributed by atoms with E-state index in [1.54, 1.807) is 0 Å². The second-order valence-electron chi connectivity index (χ2n) is 14.8. The summed E-state index contributed by atoms with van der Waals surface area (Å²) in [6.45, 7) is 0. The Morgan fingerprint density at radius 3 is 1.27 bits per heavy atom. The number of nitrogens with zero attached hydrogens (tertiary/aromatic N) is 1. The lowest BCUT2D eigenvalue weighted by Crippen LogP contribution is -1.97. The molecule has 0 saturated carbocycles. The lowest BCUT2D eigenvalue weighted by Gasteiger charge is -2.23. The minimum Gasteiger partial charge on any atom is -0.309 e. The van der Waals surface area contributed by atoms with E-state index in [1.165, 1.54) is 114 Å². The van der Waals surface area contributed by atoms with Gasteiger partial charge in [0.25, 0.3) is 0 Å². The summed E-state index contributed by atoms with van der Waals surface area (Å²) in [4.78, 5) is 0. The number of hydrogen-bond donors (Lipinski definition) is 0. The van der Waals surface area contributed by atoms with Crippen LogP contribution < -0.4 is 0 Å². The zero-order valence-electron chi connectivity index (χ0n) is 30.4. The van der Waals surface area contributed by atoms with Crippen LogP contribution in [0.25, 0.3) is 114 Å². The van der Waals surface area contributed by atoms with Gasteiger partial charge >= 0.3 is 0 Å². The maximum absolute atomic E-state index is 2.42. The van der Waals surface area contributed by atoms with E-state index in [1.807, 2.05) is 11.3 Å². The fourth-order valence-electron chi connectivity index (χ4n) is 9.18. The molecule has 12 rings (SSSR count). The van der Waals surface area contributed by atoms with E-state index in [0.29, 0.717) is 0 Å². The Labute approximate surface area is 329 Å². The molecule has 0 amide bonds. The molecule has 0 atom stereocenters. The van der Waals surface area contributed by atoms with Crippen LogP contribution in [0.15, 0.2) is 200 Å². The molecule has 0 saturated heterocycles. The normalized spacial score (nSPS) is 11.9. The van der Waals surface area contributed by atoms with Crippen LogP contribution in [0.1, 0.15) is 0 Å². The number of thiophene rings is 1. The van der Waals surface area contributed by atoms with Gasteiger partial charge < -0.3 is 4.57 Å². The molecule has 2 heterocycles. The monoisotopic (exact) mass is 727 g/mol. The Hall–Kier alpha value is -7.00. The van der Waals surface area contributed by atoms with Crippen molar-refractivity contribution in [3.63, 3.8) is 0 Å². The molecule has 0 fully saturated rings. The lowest BCUT2D eigenvalue weighted by atomic mass is 9.80. The first-order valence-electron chi connectivity index (χ1n) is 19.3. The van der Waals surface area contributed by atoms with Crippen molar-refractivity contribution in [1.29, 1.82) is 0 Å². The number of rotatable bonds is 3. The fourth-order valence-corrected chi connectivity index (χ4v) is 10.3. The van der Waals surface area contributed by atoms with Gasteiger partial charge in [-0.25, -0.2) is 0 Å². The van der Waals surface area contributed by atoms with Gasteiger partial charge in [0.05, 0.1) is 11.0 Å². The van der Waals surface area contributed by atoms with Crippen molar-refractivity contribution in [2.75, 3.05) is 0 Å². The Morgan fingerprint density at radius 2 is 0.679 bits per heavy atom. The van der Waals surface area contributed by atoms with Crippen LogP contribution in [-0.4, -0.2) is 4.57 Å². The van der Waals surface area contributed by atoms with Crippen molar-refractivity contribution in [1.82, 2.24) is 4.57 Å². The highest BCUT2D eigenvalue weighted by Crippen LogP contribution is 2.49. The summed E-state index contributed by atoms with van der Waals surface area (Å²) in [6, 6.07) is 74.1. The van der Waals surface area contributed by atoms with Crippen LogP contribution in [0.3, 0.4) is 0 Å². The largest absolute Gasteiger partial charge is 0.309 e. The minimum atomic E-state index is 1.18. The van der Waals surface area contributed by atoms with Crippen LogP contribution in [0.4, 0.5) is 0 Å². The molecule has 1 aliphatic rings. The third-order valence-corrected chi connectivity index (χ3v) is 12.9. The molecule has 0 unspecified atom stereocenters. The number of para-hydroxylation sites is 2. The van der Waals surface area contributed by atoms with E-state index in [-0.39, 0.29) is 0 Å². The molecule has 2 aromatic heterocycles. The zero-order valence-corrected chi connectivity index (χ0v) is 31.2. The van der Waals surface area contributed by atoms with Crippen molar-refractivity contribution in [2.45, 2.75) is 0 Å². The van der Waals surface area contributed by atoms with Crippen molar-refractivity contribution in [3.05, 3.63) is 200 Å². The zero-order chi connectivity index (χ0) is 36.7. The molecule has 2 heteroatoms. The van der Waals surface area contributed by atoms with Gasteiger partial charge in [-0.1, -0.05) is 140 Å². The predicted molar refractivity (Wildman–Crippen MR) is 240 cm³/mol. The Balaban J connectivity index is 1.000. The SMILES string of the molecule is c1ccc(-n2c3ccccc3c3cc(-c4ccc5sc6ccc(-c7ccc8c(c7)-c7ccccc7-c7ccccc7-c7ccccc7-8)cc6c5c4)ccc32)cc1. The summed E-state index contributed by atoms with van der Waals surface area (Å²) in [7, 11) is 0. The molecule has 0 bridgehead atoms. The van der Waals surface area contributed by atoms with Gasteiger partial charge in [0.15, 0.2) is 0 Å². The Morgan fingerprint density at radius 1 is 0.268 bits per heavy atom. The first kappa shape index (κ1) is 31.4. The van der Waals surface area contributed by atoms with E-state index >= 15 is 0 Å². The molecule has 0 radical (unpaired) electrons. The minimum absolute atomic E-state index is 1.18. The highest BCUT2D eigenvalue weighted by atomic mass is 32.1. The third-order valence-electron chi connectivity index (χ3n) is 11.8. The summed E-state index contributed by atoms with van der Waals surface area (Å²) >= 11 is 1.88. The first-order valence-corrected chi connectivity index (χ1v) is 20.1. The predicted octanol–water partition coefficient (Wildman–Crippen LogP) is 15.5. The quantitative estimate of drug-likeness (QED) is 0.171. The van der Waals surface area contributed by atoms with Gasteiger partial charge in [-0.3, -0.25) is 0 Å². The first-order chi connectivity index (χ1) is 27.8. The molecule has 1 nitrogen and oxygen atoms in total. The summed E-state index contributed by atoms with van der Waals surface area (Å²) < 4.78 is 5.00. The molecule has 1 aliphatic carbocycles. The summed E-state index contributed by atoms with van der Waals surface area (Å²) in [5.74, 6) is 0. The van der Waals surface area contributed by atoms with E-state index < -0.39 is 0 Å². The smallest absolute Gasteiger partial charge is 0.0541 e. The van der Waals surface area contributed by atoms with E-state index in [9.17, 15) is 0 Å². The van der Waals surface area contributed by atoms with E-state index in [0.717, 1.165) is 0 Å². The van der Waals surface area contributed by atoms with Gasteiger partial charge in [0.1, 0.15) is 0 Å². The van der Waals surface area contributed by atoms with Crippen LogP contribution in [-0.2, 0) is 0 Å². The van der Waals surface area contributed by atoms with Crippen LogP contribution in [0.5, 0.6) is 0 Å². The number of benzene rings is 9. The molecular formula is C54H33NS. The van der Waals surface area contributed by atoms with Crippen LogP contribution in [0, 0.1) is 0 Å². The topological polar surface area (TPSA) is 4.93 Å². The fraction of sp³-hybridized carbons (Fsp3) is 0. The van der Waals surface area contributed by atoms with Gasteiger partial charge in [0.2, 0.25) is 0 Å². The van der Waals surface area contributed by atoms with Crippen molar-refractivity contribution in [2.24, 2.45) is 0 Å². The Kier molecular flexibility index (Phi) is 6.87. The molecule has 56 heavy (non-hydrogen) atoms. The maximum atomic E-state index is 2.42. The highest BCUT2D eigenvalue weighted by molar-refractivity contribution is 7.25. The number of hydrogen-bond acceptors (Lipinski definition) is 1. The molecule has 0 N–H and O–H groups in total.